The molecule has 2 fully saturated rings. The van der Waals surface area contributed by atoms with Gasteiger partial charge in [-0.1, -0.05) is 0 Å². The van der Waals surface area contributed by atoms with Crippen LogP contribution in [0.4, 0.5) is 4.79 Å². The van der Waals surface area contributed by atoms with Gasteiger partial charge in [0.1, 0.15) is 0 Å². The Morgan fingerprint density at radius 2 is 1.85 bits per heavy atom. The molecule has 1 saturated heterocycles. The van der Waals surface area contributed by atoms with Crippen molar-refractivity contribution in [2.24, 2.45) is 5.41 Å². The first-order chi connectivity index (χ1) is 9.44. The molecule has 6 nitrogen and oxygen atoms in total. The van der Waals surface area contributed by atoms with Crippen molar-refractivity contribution in [2.45, 2.75) is 51.7 Å². The molecule has 1 N–H and O–H groups in total. The van der Waals surface area contributed by atoms with Gasteiger partial charge in [0.05, 0.1) is 24.2 Å². The summed E-state index contributed by atoms with van der Waals surface area (Å²) in [5.41, 5.74) is -0.400. The maximum absolute atomic E-state index is 11.8. The summed E-state index contributed by atoms with van der Waals surface area (Å²) in [6, 6.07) is 0. The number of carbonyl (C=O) groups excluding carboxylic acids is 1. The molecule has 0 unspecified atom stereocenters. The molecule has 1 aliphatic carbocycles. The Morgan fingerprint density at radius 1 is 1.25 bits per heavy atom. The van der Waals surface area contributed by atoms with Crippen molar-refractivity contribution < 1.29 is 24.2 Å². The van der Waals surface area contributed by atoms with Crippen LogP contribution in [0.2, 0.25) is 0 Å². The highest BCUT2D eigenvalue weighted by Gasteiger charge is 2.48. The summed E-state index contributed by atoms with van der Waals surface area (Å²) in [4.78, 5) is 24.0. The van der Waals surface area contributed by atoms with Crippen LogP contribution in [0, 0.1) is 5.41 Å². The molecule has 0 atom stereocenters. The van der Waals surface area contributed by atoms with E-state index in [2.05, 4.69) is 0 Å². The maximum Gasteiger partial charge on any atom is 0.407 e. The molecule has 2 rings (SSSR count). The molecule has 0 radical (unpaired) electrons. The minimum absolute atomic E-state index is 0.103. The van der Waals surface area contributed by atoms with Crippen LogP contribution in [0.5, 0.6) is 0 Å². The van der Waals surface area contributed by atoms with E-state index < -0.39 is 11.5 Å². The number of carboxylic acid groups (broad SMARTS) is 1. The predicted octanol–water partition coefficient (Wildman–Crippen LogP) is 1.88. The Kier molecular flexibility index (Phi) is 4.52. The maximum atomic E-state index is 11.8. The molecule has 1 amide bonds. The van der Waals surface area contributed by atoms with Gasteiger partial charge in [0.15, 0.2) is 0 Å². The number of hydrogen-bond donors (Lipinski definition) is 1. The Morgan fingerprint density at radius 3 is 2.35 bits per heavy atom. The fraction of sp³-hybridized carbons (Fsp3) is 0.857. The fourth-order valence-electron chi connectivity index (χ4n) is 2.97. The van der Waals surface area contributed by atoms with Crippen LogP contribution in [0.25, 0.3) is 0 Å². The Bertz CT molecular complexity index is 370. The lowest BCUT2D eigenvalue weighted by molar-refractivity contribution is -0.177. The summed E-state index contributed by atoms with van der Waals surface area (Å²) in [5.74, 6) is -0.138. The highest BCUT2D eigenvalue weighted by Crippen LogP contribution is 2.44. The molecular weight excluding hydrogens is 262 g/mol. The lowest BCUT2D eigenvalue weighted by atomic mass is 9.68. The molecular formula is C14H23NO5. The molecule has 0 aromatic heterocycles. The van der Waals surface area contributed by atoms with Gasteiger partial charge >= 0.3 is 12.1 Å². The van der Waals surface area contributed by atoms with Gasteiger partial charge in [-0.05, 0) is 39.5 Å². The fourth-order valence-corrected chi connectivity index (χ4v) is 2.97. The average Bonchev–Trinajstić information content (AvgIpc) is 2.37. The first-order valence-corrected chi connectivity index (χ1v) is 7.25. The molecule has 0 aromatic rings. The molecule has 1 saturated carbocycles. The van der Waals surface area contributed by atoms with E-state index in [0.29, 0.717) is 32.5 Å². The van der Waals surface area contributed by atoms with Crippen LogP contribution in [0.15, 0.2) is 0 Å². The van der Waals surface area contributed by atoms with Crippen LogP contribution >= 0.6 is 0 Å². The lowest BCUT2D eigenvalue weighted by Crippen LogP contribution is -2.49. The van der Waals surface area contributed by atoms with E-state index >= 15 is 0 Å². The largest absolute Gasteiger partial charge is 0.466 e. The van der Waals surface area contributed by atoms with E-state index in [0.717, 1.165) is 12.8 Å². The zero-order valence-corrected chi connectivity index (χ0v) is 12.1. The standard InChI is InChI=1S/C14H23NO5/c1-3-19-12(16)14(2)8-11(9-14)20-10-4-6-15(7-5-10)13(17)18/h10-11H,3-9H2,1-2H3,(H,17,18). The number of piperidine rings is 1. The van der Waals surface area contributed by atoms with Gasteiger partial charge in [0, 0.05) is 13.1 Å². The van der Waals surface area contributed by atoms with Crippen LogP contribution in [0.1, 0.15) is 39.5 Å². The molecule has 114 valence electrons. The average molecular weight is 285 g/mol. The monoisotopic (exact) mass is 285 g/mol. The number of likely N-dealkylation sites (tertiary alicyclic amines) is 1. The summed E-state index contributed by atoms with van der Waals surface area (Å²) in [7, 11) is 0. The summed E-state index contributed by atoms with van der Waals surface area (Å²) < 4.78 is 11.0. The SMILES string of the molecule is CCOC(=O)C1(C)CC(OC2CCN(C(=O)O)CC2)C1. The molecule has 1 heterocycles. The Labute approximate surface area is 119 Å². The number of carbonyl (C=O) groups is 2. The van der Waals surface area contributed by atoms with Crippen molar-refractivity contribution in [2.75, 3.05) is 19.7 Å². The van der Waals surface area contributed by atoms with Gasteiger partial charge in [0.2, 0.25) is 0 Å². The molecule has 2 aliphatic rings. The number of ether oxygens (including phenoxy) is 2. The second-order valence-corrected chi connectivity index (χ2v) is 5.92. The smallest absolute Gasteiger partial charge is 0.407 e. The third-order valence-corrected chi connectivity index (χ3v) is 4.22. The third-order valence-electron chi connectivity index (χ3n) is 4.22. The summed E-state index contributed by atoms with van der Waals surface area (Å²) in [6.45, 7) is 5.19. The van der Waals surface area contributed by atoms with Crippen molar-refractivity contribution in [3.05, 3.63) is 0 Å². The Balaban J connectivity index is 1.70. The minimum atomic E-state index is -0.859. The van der Waals surface area contributed by atoms with Gasteiger partial charge in [-0.3, -0.25) is 4.79 Å². The molecule has 0 aromatic carbocycles. The number of nitrogens with zero attached hydrogens (tertiary/aromatic N) is 1. The highest BCUT2D eigenvalue weighted by atomic mass is 16.5. The topological polar surface area (TPSA) is 76.1 Å². The molecule has 20 heavy (non-hydrogen) atoms. The quantitative estimate of drug-likeness (QED) is 0.798. The second-order valence-electron chi connectivity index (χ2n) is 5.92. The van der Waals surface area contributed by atoms with E-state index in [1.165, 1.54) is 4.90 Å². The molecule has 1 aliphatic heterocycles. The van der Waals surface area contributed by atoms with Crippen molar-refractivity contribution >= 4 is 12.1 Å². The zero-order valence-electron chi connectivity index (χ0n) is 12.1. The number of hydrogen-bond acceptors (Lipinski definition) is 4. The minimum Gasteiger partial charge on any atom is -0.466 e. The van der Waals surface area contributed by atoms with Gasteiger partial charge in [-0.15, -0.1) is 0 Å². The van der Waals surface area contributed by atoms with Crippen molar-refractivity contribution in [1.29, 1.82) is 0 Å². The van der Waals surface area contributed by atoms with Gasteiger partial charge in [-0.25, -0.2) is 4.79 Å². The number of amides is 1. The second kappa shape index (κ2) is 5.99. The van der Waals surface area contributed by atoms with Crippen molar-refractivity contribution in [3.8, 4) is 0 Å². The first-order valence-electron chi connectivity index (χ1n) is 7.25. The zero-order chi connectivity index (χ0) is 14.8. The third kappa shape index (κ3) is 3.23. The van der Waals surface area contributed by atoms with Crippen LogP contribution in [-0.2, 0) is 14.3 Å². The van der Waals surface area contributed by atoms with Crippen LogP contribution in [0.3, 0.4) is 0 Å². The van der Waals surface area contributed by atoms with Gasteiger partial charge in [0.25, 0.3) is 0 Å². The highest BCUT2D eigenvalue weighted by molar-refractivity contribution is 5.77. The van der Waals surface area contributed by atoms with Gasteiger partial charge < -0.3 is 19.5 Å². The van der Waals surface area contributed by atoms with E-state index in [-0.39, 0.29) is 18.2 Å². The lowest BCUT2D eigenvalue weighted by Gasteiger charge is -2.44. The Hall–Kier alpha value is -1.30. The molecule has 0 bridgehead atoms. The summed E-state index contributed by atoms with van der Waals surface area (Å²) >= 11 is 0. The first kappa shape index (κ1) is 15.1. The van der Waals surface area contributed by atoms with Crippen molar-refractivity contribution in [3.63, 3.8) is 0 Å². The molecule has 0 spiro atoms. The predicted molar refractivity (Wildman–Crippen MR) is 71.5 cm³/mol. The van der Waals surface area contributed by atoms with E-state index in [1.807, 2.05) is 13.8 Å². The van der Waals surface area contributed by atoms with Crippen molar-refractivity contribution in [1.82, 2.24) is 4.90 Å². The molecule has 6 heteroatoms. The number of esters is 1. The van der Waals surface area contributed by atoms with Crippen LogP contribution in [-0.4, -0.2) is 54.0 Å². The van der Waals surface area contributed by atoms with E-state index in [1.54, 1.807) is 0 Å². The summed E-state index contributed by atoms with van der Waals surface area (Å²) in [6.07, 6.45) is 2.23. The normalized spacial score (nSPS) is 30.7. The van der Waals surface area contributed by atoms with E-state index in [9.17, 15) is 9.59 Å². The van der Waals surface area contributed by atoms with Crippen LogP contribution < -0.4 is 0 Å². The van der Waals surface area contributed by atoms with Gasteiger partial charge in [-0.2, -0.15) is 0 Å². The summed E-state index contributed by atoms with van der Waals surface area (Å²) in [5, 5.41) is 8.88. The number of rotatable bonds is 4. The van der Waals surface area contributed by atoms with E-state index in [4.69, 9.17) is 14.6 Å².